The van der Waals surface area contributed by atoms with E-state index in [0.717, 1.165) is 68.1 Å². The Kier molecular flexibility index (Phi) is 13.3. The number of unbranched alkanes of at least 4 members (excludes halogenated alkanes) is 3. The second-order valence-electron chi connectivity index (χ2n) is 13.7. The van der Waals surface area contributed by atoms with E-state index in [2.05, 4.69) is 26.0 Å². The summed E-state index contributed by atoms with van der Waals surface area (Å²) in [5.74, 6) is 3.26. The molecule has 1 nitrogen and oxygen atoms in total. The lowest BCUT2D eigenvalue weighted by Gasteiger charge is -2.37. The van der Waals surface area contributed by atoms with E-state index < -0.39 is 11.6 Å². The monoisotopic (exact) mass is 556 g/mol. The quantitative estimate of drug-likeness (QED) is 0.163. The highest BCUT2D eigenvalue weighted by molar-refractivity contribution is 5.33. The van der Waals surface area contributed by atoms with Gasteiger partial charge >= 0.3 is 0 Å². The predicted octanol–water partition coefficient (Wildman–Crippen LogP) is 11.9. The third kappa shape index (κ3) is 9.32. The van der Waals surface area contributed by atoms with Gasteiger partial charge in [0, 0.05) is 0 Å². The van der Waals surface area contributed by atoms with Crippen LogP contribution >= 0.6 is 0 Å². The number of rotatable bonds is 14. The van der Waals surface area contributed by atoms with Crippen molar-refractivity contribution in [3.8, 4) is 5.75 Å². The van der Waals surface area contributed by atoms with E-state index in [-0.39, 0.29) is 11.7 Å². The highest BCUT2D eigenvalue weighted by atomic mass is 19.2. The van der Waals surface area contributed by atoms with E-state index in [1.165, 1.54) is 89.9 Å². The first-order chi connectivity index (χ1) is 19.6. The van der Waals surface area contributed by atoms with Crippen LogP contribution in [0.15, 0.2) is 24.3 Å². The molecule has 3 aliphatic carbocycles. The number of allylic oxidation sites excluding steroid dienone is 2. The van der Waals surface area contributed by atoms with Crippen LogP contribution in [0.2, 0.25) is 0 Å². The molecular formula is C37H58F2O. The molecule has 1 aromatic rings. The Labute approximate surface area is 244 Å². The largest absolute Gasteiger partial charge is 0.490 e. The topological polar surface area (TPSA) is 9.23 Å². The molecule has 0 saturated heterocycles. The fraction of sp³-hybridized carbons (Fsp3) is 0.784. The summed E-state index contributed by atoms with van der Waals surface area (Å²) in [4.78, 5) is 0. The minimum absolute atomic E-state index is 0.0592. The van der Waals surface area contributed by atoms with Gasteiger partial charge in [-0.05, 0) is 131 Å². The van der Waals surface area contributed by atoms with Gasteiger partial charge in [0.1, 0.15) is 0 Å². The number of halogens is 2. The van der Waals surface area contributed by atoms with Crippen molar-refractivity contribution in [3.05, 3.63) is 41.5 Å². The molecule has 0 amide bonds. The zero-order valence-corrected chi connectivity index (χ0v) is 25.8. The minimum atomic E-state index is -0.805. The van der Waals surface area contributed by atoms with E-state index in [9.17, 15) is 8.78 Å². The first-order valence-corrected chi connectivity index (χ1v) is 17.4. The maximum Gasteiger partial charge on any atom is 0.200 e. The third-order valence-corrected chi connectivity index (χ3v) is 10.9. The summed E-state index contributed by atoms with van der Waals surface area (Å²) in [6.45, 7) is 4.81. The normalized spacial score (nSPS) is 29.6. The van der Waals surface area contributed by atoms with E-state index in [1.54, 1.807) is 12.1 Å². The molecule has 3 saturated carbocycles. The zero-order valence-electron chi connectivity index (χ0n) is 25.8. The van der Waals surface area contributed by atoms with Gasteiger partial charge < -0.3 is 4.74 Å². The Balaban J connectivity index is 1.10. The van der Waals surface area contributed by atoms with Gasteiger partial charge in [0.2, 0.25) is 5.82 Å². The molecule has 1 aromatic carbocycles. The lowest BCUT2D eigenvalue weighted by atomic mass is 9.68. The molecule has 40 heavy (non-hydrogen) atoms. The highest BCUT2D eigenvalue weighted by Gasteiger charge is 2.30. The van der Waals surface area contributed by atoms with Crippen molar-refractivity contribution in [1.29, 1.82) is 0 Å². The van der Waals surface area contributed by atoms with Crippen LogP contribution in [0, 0.1) is 41.2 Å². The van der Waals surface area contributed by atoms with Crippen LogP contribution in [0.25, 0.3) is 0 Å². The average molecular weight is 557 g/mol. The van der Waals surface area contributed by atoms with Gasteiger partial charge in [-0.15, -0.1) is 0 Å². The van der Waals surface area contributed by atoms with Gasteiger partial charge in [0.15, 0.2) is 11.6 Å². The smallest absolute Gasteiger partial charge is 0.200 e. The van der Waals surface area contributed by atoms with Crippen LogP contribution in [-0.4, -0.2) is 6.61 Å². The molecule has 0 unspecified atom stereocenters. The summed E-state index contributed by atoms with van der Waals surface area (Å²) in [6.07, 6.45) is 30.8. The van der Waals surface area contributed by atoms with E-state index in [1.807, 2.05) is 0 Å². The predicted molar refractivity (Wildman–Crippen MR) is 165 cm³/mol. The maximum absolute atomic E-state index is 14.8. The number of hydrogen-bond donors (Lipinski definition) is 0. The van der Waals surface area contributed by atoms with Gasteiger partial charge in [0.25, 0.3) is 0 Å². The summed E-state index contributed by atoms with van der Waals surface area (Å²) < 4.78 is 34.8. The van der Waals surface area contributed by atoms with Crippen molar-refractivity contribution >= 4 is 0 Å². The van der Waals surface area contributed by atoms with Crippen molar-refractivity contribution < 1.29 is 13.5 Å². The van der Waals surface area contributed by atoms with Crippen molar-refractivity contribution in [3.63, 3.8) is 0 Å². The summed E-state index contributed by atoms with van der Waals surface area (Å²) in [5.41, 5.74) is 0.550. The Morgan fingerprint density at radius 3 is 2.00 bits per heavy atom. The SMILES string of the molecule is CCCCCC1CCC(C2CCC(/C=C/CCC3CCC(c4ccc(OCCCC)c(F)c4F)CC3)CC2)CC1. The molecule has 3 aliphatic rings. The summed E-state index contributed by atoms with van der Waals surface area (Å²) in [6, 6.07) is 3.40. The van der Waals surface area contributed by atoms with Crippen molar-refractivity contribution in [1.82, 2.24) is 0 Å². The number of benzene rings is 1. The van der Waals surface area contributed by atoms with Crippen LogP contribution in [0.3, 0.4) is 0 Å². The molecule has 0 spiro atoms. The van der Waals surface area contributed by atoms with Crippen molar-refractivity contribution in [2.24, 2.45) is 29.6 Å². The van der Waals surface area contributed by atoms with E-state index >= 15 is 0 Å². The van der Waals surface area contributed by atoms with Crippen LogP contribution in [0.4, 0.5) is 8.78 Å². The molecule has 3 fully saturated rings. The fourth-order valence-electron chi connectivity index (χ4n) is 8.12. The molecule has 226 valence electrons. The van der Waals surface area contributed by atoms with Gasteiger partial charge in [-0.2, -0.15) is 4.39 Å². The van der Waals surface area contributed by atoms with E-state index in [4.69, 9.17) is 4.74 Å². The molecule has 0 aromatic heterocycles. The summed E-state index contributed by atoms with van der Waals surface area (Å²) >= 11 is 0. The van der Waals surface area contributed by atoms with Crippen LogP contribution in [-0.2, 0) is 0 Å². The molecule has 0 atom stereocenters. The minimum Gasteiger partial charge on any atom is -0.490 e. The van der Waals surface area contributed by atoms with Gasteiger partial charge in [0.05, 0.1) is 6.61 Å². The Bertz CT molecular complexity index is 870. The first-order valence-electron chi connectivity index (χ1n) is 17.4. The second kappa shape index (κ2) is 16.9. The lowest BCUT2D eigenvalue weighted by molar-refractivity contribution is 0.151. The summed E-state index contributed by atoms with van der Waals surface area (Å²) in [7, 11) is 0. The second-order valence-corrected chi connectivity index (χ2v) is 13.7. The van der Waals surface area contributed by atoms with Crippen LogP contribution in [0.5, 0.6) is 5.75 Å². The van der Waals surface area contributed by atoms with Crippen LogP contribution in [0.1, 0.15) is 154 Å². The Morgan fingerprint density at radius 2 is 1.32 bits per heavy atom. The molecule has 0 aliphatic heterocycles. The molecule has 0 radical (unpaired) electrons. The molecule has 0 bridgehead atoms. The number of ether oxygens (including phenoxy) is 1. The molecule has 4 rings (SSSR count). The van der Waals surface area contributed by atoms with Gasteiger partial charge in [-0.1, -0.05) is 77.0 Å². The van der Waals surface area contributed by atoms with Crippen molar-refractivity contribution in [2.75, 3.05) is 6.61 Å². The maximum atomic E-state index is 14.8. The summed E-state index contributed by atoms with van der Waals surface area (Å²) in [5, 5.41) is 0. The Hall–Kier alpha value is -1.38. The molecule has 0 heterocycles. The van der Waals surface area contributed by atoms with Crippen molar-refractivity contribution in [2.45, 2.75) is 148 Å². The zero-order chi connectivity index (χ0) is 28.2. The van der Waals surface area contributed by atoms with E-state index in [0.29, 0.717) is 12.2 Å². The Morgan fingerprint density at radius 1 is 0.700 bits per heavy atom. The van der Waals surface area contributed by atoms with Gasteiger partial charge in [-0.3, -0.25) is 0 Å². The van der Waals surface area contributed by atoms with Crippen LogP contribution < -0.4 is 4.74 Å². The number of hydrogen-bond acceptors (Lipinski definition) is 1. The lowest BCUT2D eigenvalue weighted by Crippen LogP contribution is -2.25. The third-order valence-electron chi connectivity index (χ3n) is 10.9. The average Bonchev–Trinajstić information content (AvgIpc) is 2.99. The fourth-order valence-corrected chi connectivity index (χ4v) is 8.12. The molecular weight excluding hydrogens is 498 g/mol. The first kappa shape index (κ1) is 31.6. The standard InChI is InChI=1S/C37H58F2O/c1-3-5-7-10-28-13-19-31(20-14-28)32-21-15-29(16-22-32)11-8-9-12-30-17-23-33(24-18-30)34-25-26-35(37(39)36(34)38)40-27-6-4-2/h8,11,25-26,28-33H,3-7,9-10,12-24,27H2,1-2H3/b11-8+. The molecule has 3 heteroatoms. The highest BCUT2D eigenvalue weighted by Crippen LogP contribution is 2.43. The van der Waals surface area contributed by atoms with Gasteiger partial charge in [-0.25, -0.2) is 4.39 Å². The molecule has 0 N–H and O–H groups in total.